The molecular weight excluding hydrogens is 238 g/mol. The molecule has 1 N–H and O–H groups in total. The van der Waals surface area contributed by atoms with Crippen LogP contribution in [0.1, 0.15) is 0 Å². The number of hydrogen-bond acceptors (Lipinski definition) is 4. The van der Waals surface area contributed by atoms with E-state index in [1.165, 1.54) is 0 Å². The Hall–Kier alpha value is -0.680. The topological polar surface area (TPSA) is 37.8 Å². The summed E-state index contributed by atoms with van der Waals surface area (Å²) in [5.41, 5.74) is 0.938. The number of thiazole rings is 1. The van der Waals surface area contributed by atoms with E-state index in [0.717, 1.165) is 20.1 Å². The van der Waals surface area contributed by atoms with Crippen LogP contribution in [0, 0.1) is 0 Å². The van der Waals surface area contributed by atoms with E-state index in [9.17, 15) is 0 Å². The van der Waals surface area contributed by atoms with Crippen LogP contribution in [0.3, 0.4) is 0 Å². The smallest absolute Gasteiger partial charge is 0.185 e. The molecule has 0 amide bonds. The van der Waals surface area contributed by atoms with Crippen LogP contribution in [0.15, 0.2) is 16.7 Å². The lowest BCUT2D eigenvalue weighted by molar-refractivity contribution is 1.35. The van der Waals surface area contributed by atoms with Gasteiger partial charge in [-0.3, -0.25) is 0 Å². The molecule has 62 valence electrons. The zero-order valence-electron chi connectivity index (χ0n) is 6.34. The van der Waals surface area contributed by atoms with Crippen LogP contribution in [0.2, 0.25) is 0 Å². The Morgan fingerprint density at radius 1 is 1.42 bits per heavy atom. The van der Waals surface area contributed by atoms with Gasteiger partial charge in [-0.25, -0.2) is 9.97 Å². The summed E-state index contributed by atoms with van der Waals surface area (Å²) in [5.74, 6) is 0. The number of anilines is 1. The van der Waals surface area contributed by atoms with E-state index in [1.807, 2.05) is 19.2 Å². The third-order valence-electron chi connectivity index (χ3n) is 1.44. The third-order valence-corrected chi connectivity index (χ3v) is 2.86. The first-order valence-corrected chi connectivity index (χ1v) is 5.01. The lowest BCUT2D eigenvalue weighted by Crippen LogP contribution is -1.83. The molecular formula is C7H6BrN3S. The highest BCUT2D eigenvalue weighted by atomic mass is 79.9. The Morgan fingerprint density at radius 3 is 3.00 bits per heavy atom. The van der Waals surface area contributed by atoms with Gasteiger partial charge in [-0.2, -0.15) is 0 Å². The molecule has 0 aromatic carbocycles. The van der Waals surface area contributed by atoms with Crippen molar-refractivity contribution in [3.8, 4) is 0 Å². The Balaban J connectivity index is 2.67. The fraction of sp³-hybridized carbons (Fsp3) is 0.143. The van der Waals surface area contributed by atoms with Gasteiger partial charge in [-0.1, -0.05) is 11.3 Å². The summed E-state index contributed by atoms with van der Waals surface area (Å²) in [6, 6.07) is 3.84. The monoisotopic (exact) mass is 243 g/mol. The number of halogens is 1. The Labute approximate surface area is 82.0 Å². The number of nitrogens with one attached hydrogen (secondary N) is 1. The van der Waals surface area contributed by atoms with Crippen molar-refractivity contribution in [3.05, 3.63) is 16.7 Å². The van der Waals surface area contributed by atoms with Gasteiger partial charge in [-0.15, -0.1) is 0 Å². The van der Waals surface area contributed by atoms with Crippen LogP contribution in [-0.4, -0.2) is 17.0 Å². The summed E-state index contributed by atoms with van der Waals surface area (Å²) in [5, 5.41) is 3.89. The molecule has 3 nitrogen and oxygen atoms in total. The largest absolute Gasteiger partial charge is 0.365 e. The van der Waals surface area contributed by atoms with Crippen LogP contribution < -0.4 is 5.32 Å². The van der Waals surface area contributed by atoms with Crippen LogP contribution in [-0.2, 0) is 0 Å². The number of fused-ring (bicyclic) bond motifs is 1. The van der Waals surface area contributed by atoms with E-state index in [2.05, 4.69) is 31.2 Å². The molecule has 0 aliphatic rings. The fourth-order valence-electron chi connectivity index (χ4n) is 0.901. The molecule has 2 heterocycles. The van der Waals surface area contributed by atoms with Gasteiger partial charge >= 0.3 is 0 Å². The molecule has 0 fully saturated rings. The van der Waals surface area contributed by atoms with E-state index >= 15 is 0 Å². The lowest BCUT2D eigenvalue weighted by Gasteiger charge is -1.86. The molecule has 12 heavy (non-hydrogen) atoms. The van der Waals surface area contributed by atoms with Gasteiger partial charge in [0.05, 0.1) is 0 Å². The van der Waals surface area contributed by atoms with Crippen molar-refractivity contribution < 1.29 is 0 Å². The second-order valence-corrected chi connectivity index (χ2v) is 4.02. The highest BCUT2D eigenvalue weighted by molar-refractivity contribution is 9.10. The standard InChI is InChI=1S/C7H6BrN3S/c1-9-7-10-4-2-3-5(8)11-6(4)12-7/h2-3H,1H3,(H,9,10). The van der Waals surface area contributed by atoms with Crippen molar-refractivity contribution in [3.63, 3.8) is 0 Å². The molecule has 0 aliphatic heterocycles. The maximum absolute atomic E-state index is 4.30. The normalized spacial score (nSPS) is 10.5. The van der Waals surface area contributed by atoms with Crippen LogP contribution in [0.25, 0.3) is 10.3 Å². The van der Waals surface area contributed by atoms with E-state index in [0.29, 0.717) is 0 Å². The summed E-state index contributed by atoms with van der Waals surface area (Å²) < 4.78 is 0.848. The molecule has 0 saturated heterocycles. The van der Waals surface area contributed by atoms with E-state index in [1.54, 1.807) is 11.3 Å². The molecule has 2 aromatic rings. The second-order valence-electron chi connectivity index (χ2n) is 2.23. The first kappa shape index (κ1) is 7.94. The van der Waals surface area contributed by atoms with Gasteiger partial charge in [-0.05, 0) is 28.1 Å². The molecule has 0 unspecified atom stereocenters. The van der Waals surface area contributed by atoms with E-state index in [4.69, 9.17) is 0 Å². The van der Waals surface area contributed by atoms with Gasteiger partial charge < -0.3 is 5.32 Å². The first-order valence-electron chi connectivity index (χ1n) is 3.40. The third kappa shape index (κ3) is 1.30. The van der Waals surface area contributed by atoms with Gasteiger partial charge in [0.1, 0.15) is 15.0 Å². The summed E-state index contributed by atoms with van der Waals surface area (Å²) in [4.78, 5) is 9.53. The Bertz CT molecular complexity index is 412. The van der Waals surface area contributed by atoms with Crippen LogP contribution >= 0.6 is 27.3 Å². The molecule has 0 spiro atoms. The predicted octanol–water partition coefficient (Wildman–Crippen LogP) is 2.50. The molecule has 2 aromatic heterocycles. The minimum Gasteiger partial charge on any atom is -0.365 e. The number of nitrogens with zero attached hydrogens (tertiary/aromatic N) is 2. The number of pyridine rings is 1. The van der Waals surface area contributed by atoms with Gasteiger partial charge in [0.25, 0.3) is 0 Å². The van der Waals surface area contributed by atoms with Crippen LogP contribution in [0.4, 0.5) is 5.13 Å². The second kappa shape index (κ2) is 2.99. The molecule has 0 bridgehead atoms. The molecule has 0 radical (unpaired) electrons. The van der Waals surface area contributed by atoms with Gasteiger partial charge in [0, 0.05) is 7.05 Å². The SMILES string of the molecule is CNc1nc2ccc(Br)nc2s1. The molecule has 0 atom stereocenters. The minimum absolute atomic E-state index is 0.848. The maximum atomic E-state index is 4.30. The molecule has 2 rings (SSSR count). The predicted molar refractivity (Wildman–Crippen MR) is 54.7 cm³/mol. The average molecular weight is 244 g/mol. The summed E-state index contributed by atoms with van der Waals surface area (Å²) in [6.07, 6.45) is 0. The van der Waals surface area contributed by atoms with Crippen molar-refractivity contribution in [1.29, 1.82) is 0 Å². The Kier molecular flexibility index (Phi) is 1.98. The lowest BCUT2D eigenvalue weighted by atomic mass is 10.5. The van der Waals surface area contributed by atoms with Crippen LogP contribution in [0.5, 0.6) is 0 Å². The summed E-state index contributed by atoms with van der Waals surface area (Å²) in [7, 11) is 1.85. The zero-order chi connectivity index (χ0) is 8.55. The van der Waals surface area contributed by atoms with Crippen molar-refractivity contribution in [2.45, 2.75) is 0 Å². The quantitative estimate of drug-likeness (QED) is 0.783. The highest BCUT2D eigenvalue weighted by Crippen LogP contribution is 2.24. The fourth-order valence-corrected chi connectivity index (χ4v) is 2.12. The van der Waals surface area contributed by atoms with Crippen molar-refractivity contribution in [1.82, 2.24) is 9.97 Å². The minimum atomic E-state index is 0.848. The zero-order valence-corrected chi connectivity index (χ0v) is 8.74. The number of hydrogen-bond donors (Lipinski definition) is 1. The van der Waals surface area contributed by atoms with Crippen molar-refractivity contribution >= 4 is 42.7 Å². The average Bonchev–Trinajstić information content (AvgIpc) is 2.46. The summed E-state index contributed by atoms with van der Waals surface area (Å²) in [6.45, 7) is 0. The number of rotatable bonds is 1. The Morgan fingerprint density at radius 2 is 2.25 bits per heavy atom. The first-order chi connectivity index (χ1) is 5.79. The molecule has 5 heteroatoms. The van der Waals surface area contributed by atoms with Gasteiger partial charge in [0.15, 0.2) is 5.13 Å². The summed E-state index contributed by atoms with van der Waals surface area (Å²) >= 11 is 4.86. The molecule has 0 aliphatic carbocycles. The highest BCUT2D eigenvalue weighted by Gasteiger charge is 2.02. The van der Waals surface area contributed by atoms with Gasteiger partial charge in [0.2, 0.25) is 0 Å². The van der Waals surface area contributed by atoms with Crippen molar-refractivity contribution in [2.75, 3.05) is 12.4 Å². The number of aromatic nitrogens is 2. The maximum Gasteiger partial charge on any atom is 0.185 e. The van der Waals surface area contributed by atoms with E-state index < -0.39 is 0 Å². The van der Waals surface area contributed by atoms with Crippen molar-refractivity contribution in [2.24, 2.45) is 0 Å². The molecule has 0 saturated carbocycles. The van der Waals surface area contributed by atoms with E-state index in [-0.39, 0.29) is 0 Å².